The third-order valence-electron chi connectivity index (χ3n) is 6.78. The van der Waals surface area contributed by atoms with Crippen LogP contribution in [0.25, 0.3) is 0 Å². The van der Waals surface area contributed by atoms with E-state index in [0.29, 0.717) is 12.3 Å². The second kappa shape index (κ2) is 7.13. The van der Waals surface area contributed by atoms with E-state index in [-0.39, 0.29) is 18.8 Å². The number of hydrogen-bond acceptors (Lipinski definition) is 0. The van der Waals surface area contributed by atoms with Crippen molar-refractivity contribution >= 4 is 0 Å². The first kappa shape index (κ1) is 16.6. The van der Waals surface area contributed by atoms with Crippen LogP contribution in [0.15, 0.2) is 0 Å². The molecule has 3 rings (SSSR count). The minimum Gasteiger partial charge on any atom is -0.247 e. The molecular weight excluding hydrogens is 285 g/mol. The summed E-state index contributed by atoms with van der Waals surface area (Å²) in [5.41, 5.74) is 0. The minimum absolute atomic E-state index is 0.0591. The van der Waals surface area contributed by atoms with Gasteiger partial charge < -0.3 is 0 Å². The maximum absolute atomic E-state index is 14.0. The number of halogens is 3. The van der Waals surface area contributed by atoms with E-state index in [1.807, 2.05) is 0 Å². The summed E-state index contributed by atoms with van der Waals surface area (Å²) in [6.07, 6.45) is 4.89. The van der Waals surface area contributed by atoms with Gasteiger partial charge in [-0.15, -0.1) is 0 Å². The van der Waals surface area contributed by atoms with Gasteiger partial charge in [-0.1, -0.05) is 32.6 Å². The third-order valence-corrected chi connectivity index (χ3v) is 6.78. The topological polar surface area (TPSA) is 0 Å². The summed E-state index contributed by atoms with van der Waals surface area (Å²) in [7, 11) is 0. The molecule has 3 saturated carbocycles. The Balaban J connectivity index is 1.66. The molecule has 0 aliphatic heterocycles. The van der Waals surface area contributed by atoms with Crippen molar-refractivity contribution in [1.29, 1.82) is 0 Å². The van der Waals surface area contributed by atoms with Gasteiger partial charge in [-0.25, -0.2) is 13.2 Å². The van der Waals surface area contributed by atoms with Gasteiger partial charge >= 0.3 is 0 Å². The second-order valence-corrected chi connectivity index (χ2v) is 8.46. The SMILES string of the molecule is CC1CCC2CC(C3CC(F)CC(F)C(F)C3)CCCC2C1. The molecule has 0 nitrogen and oxygen atoms in total. The molecule has 3 aliphatic carbocycles. The van der Waals surface area contributed by atoms with Crippen molar-refractivity contribution in [3.63, 3.8) is 0 Å². The summed E-state index contributed by atoms with van der Waals surface area (Å²) >= 11 is 0. The Morgan fingerprint density at radius 2 is 1.23 bits per heavy atom. The van der Waals surface area contributed by atoms with Gasteiger partial charge in [-0.3, -0.25) is 0 Å². The molecule has 128 valence electrons. The first-order chi connectivity index (χ1) is 10.5. The molecule has 3 heteroatoms. The molecule has 0 aromatic rings. The Labute approximate surface area is 133 Å². The molecule has 0 aromatic carbocycles. The van der Waals surface area contributed by atoms with Gasteiger partial charge in [0.15, 0.2) is 0 Å². The molecule has 3 fully saturated rings. The van der Waals surface area contributed by atoms with Gasteiger partial charge in [0.1, 0.15) is 18.5 Å². The van der Waals surface area contributed by atoms with E-state index in [0.717, 1.165) is 30.6 Å². The Bertz CT molecular complexity index is 359. The molecule has 0 saturated heterocycles. The molecule has 0 aromatic heterocycles. The fourth-order valence-corrected chi connectivity index (χ4v) is 5.54. The second-order valence-electron chi connectivity index (χ2n) is 8.46. The van der Waals surface area contributed by atoms with E-state index < -0.39 is 18.5 Å². The van der Waals surface area contributed by atoms with E-state index in [2.05, 4.69) is 6.92 Å². The lowest BCUT2D eigenvalue weighted by Crippen LogP contribution is -2.27. The predicted octanol–water partition coefficient (Wildman–Crippen LogP) is 6.04. The van der Waals surface area contributed by atoms with Crippen LogP contribution in [0.2, 0.25) is 0 Å². The first-order valence-corrected chi connectivity index (χ1v) is 9.45. The van der Waals surface area contributed by atoms with Gasteiger partial charge in [0, 0.05) is 6.42 Å². The monoisotopic (exact) mass is 316 g/mol. The fraction of sp³-hybridized carbons (Fsp3) is 1.00. The Kier molecular flexibility index (Phi) is 5.39. The standard InChI is InChI=1S/C19H31F3/c1-12-5-6-15-8-14(4-2-3-13(15)7-12)16-9-17(20)11-19(22)18(21)10-16/h12-19H,2-11H2,1H3. The maximum atomic E-state index is 14.0. The molecule has 0 radical (unpaired) electrons. The highest BCUT2D eigenvalue weighted by Crippen LogP contribution is 2.47. The van der Waals surface area contributed by atoms with Crippen LogP contribution in [-0.2, 0) is 0 Å². The molecule has 0 bridgehead atoms. The van der Waals surface area contributed by atoms with Crippen molar-refractivity contribution < 1.29 is 13.2 Å². The first-order valence-electron chi connectivity index (χ1n) is 9.45. The molecule has 22 heavy (non-hydrogen) atoms. The summed E-state index contributed by atoms with van der Waals surface area (Å²) in [4.78, 5) is 0. The van der Waals surface area contributed by atoms with Crippen LogP contribution >= 0.6 is 0 Å². The summed E-state index contributed by atoms with van der Waals surface area (Å²) in [6, 6.07) is 0. The van der Waals surface area contributed by atoms with Crippen molar-refractivity contribution in [2.75, 3.05) is 0 Å². The van der Waals surface area contributed by atoms with Crippen molar-refractivity contribution in [2.45, 2.75) is 89.6 Å². The van der Waals surface area contributed by atoms with Gasteiger partial charge in [0.2, 0.25) is 0 Å². The van der Waals surface area contributed by atoms with Crippen molar-refractivity contribution in [2.24, 2.45) is 29.6 Å². The molecule has 8 atom stereocenters. The molecule has 0 heterocycles. The largest absolute Gasteiger partial charge is 0.247 e. The predicted molar refractivity (Wildman–Crippen MR) is 84.0 cm³/mol. The van der Waals surface area contributed by atoms with Crippen LogP contribution in [0, 0.1) is 29.6 Å². The zero-order chi connectivity index (χ0) is 15.7. The molecule has 0 spiro atoms. The van der Waals surface area contributed by atoms with Crippen LogP contribution < -0.4 is 0 Å². The van der Waals surface area contributed by atoms with Crippen molar-refractivity contribution in [3.05, 3.63) is 0 Å². The van der Waals surface area contributed by atoms with Gasteiger partial charge in [-0.2, -0.15) is 0 Å². The summed E-state index contributed by atoms with van der Waals surface area (Å²) < 4.78 is 41.5. The highest BCUT2D eigenvalue weighted by atomic mass is 19.2. The number of alkyl halides is 3. The number of hydrogen-bond donors (Lipinski definition) is 0. The molecule has 3 aliphatic rings. The molecular formula is C19H31F3. The van der Waals surface area contributed by atoms with Crippen LogP contribution in [0.5, 0.6) is 0 Å². The molecule has 0 N–H and O–H groups in total. The van der Waals surface area contributed by atoms with Gasteiger partial charge in [0.05, 0.1) is 0 Å². The number of fused-ring (bicyclic) bond motifs is 1. The summed E-state index contributed by atoms with van der Waals surface area (Å²) in [5, 5.41) is 0. The van der Waals surface area contributed by atoms with Crippen LogP contribution in [0.3, 0.4) is 0 Å². The smallest absolute Gasteiger partial charge is 0.134 e. The van der Waals surface area contributed by atoms with Crippen molar-refractivity contribution in [1.82, 2.24) is 0 Å². The molecule has 8 unspecified atom stereocenters. The van der Waals surface area contributed by atoms with Crippen LogP contribution in [0.1, 0.15) is 71.1 Å². The highest BCUT2D eigenvalue weighted by Gasteiger charge is 2.39. The summed E-state index contributed by atoms with van der Waals surface area (Å²) in [5.74, 6) is 2.91. The van der Waals surface area contributed by atoms with E-state index in [4.69, 9.17) is 0 Å². The normalized spacial score (nSPS) is 50.7. The maximum Gasteiger partial charge on any atom is 0.134 e. The minimum atomic E-state index is -1.59. The average molecular weight is 316 g/mol. The number of rotatable bonds is 1. The highest BCUT2D eigenvalue weighted by molar-refractivity contribution is 4.90. The van der Waals surface area contributed by atoms with Crippen molar-refractivity contribution in [3.8, 4) is 0 Å². The zero-order valence-electron chi connectivity index (χ0n) is 13.8. The lowest BCUT2D eigenvalue weighted by atomic mass is 9.70. The zero-order valence-corrected chi connectivity index (χ0v) is 13.8. The van der Waals surface area contributed by atoms with Gasteiger partial charge in [0.25, 0.3) is 0 Å². The quantitative estimate of drug-likeness (QED) is 0.517. The Morgan fingerprint density at radius 3 is 2.00 bits per heavy atom. The Morgan fingerprint density at radius 1 is 0.591 bits per heavy atom. The fourth-order valence-electron chi connectivity index (χ4n) is 5.54. The lowest BCUT2D eigenvalue weighted by Gasteiger charge is -2.36. The lowest BCUT2D eigenvalue weighted by molar-refractivity contribution is 0.120. The van der Waals surface area contributed by atoms with Crippen LogP contribution in [0.4, 0.5) is 13.2 Å². The van der Waals surface area contributed by atoms with E-state index in [1.54, 1.807) is 0 Å². The van der Waals surface area contributed by atoms with E-state index >= 15 is 0 Å². The van der Waals surface area contributed by atoms with E-state index in [1.165, 1.54) is 32.1 Å². The van der Waals surface area contributed by atoms with Crippen LogP contribution in [-0.4, -0.2) is 18.5 Å². The average Bonchev–Trinajstić information content (AvgIpc) is 2.74. The van der Waals surface area contributed by atoms with Gasteiger partial charge in [-0.05, 0) is 61.7 Å². The molecule has 0 amide bonds. The Hall–Kier alpha value is -0.210. The van der Waals surface area contributed by atoms with E-state index in [9.17, 15) is 13.2 Å². The third kappa shape index (κ3) is 3.82. The summed E-state index contributed by atoms with van der Waals surface area (Å²) in [6.45, 7) is 2.35.